The Labute approximate surface area is 126 Å². The third-order valence-corrected chi connectivity index (χ3v) is 3.28. The molecule has 0 aliphatic rings. The van der Waals surface area contributed by atoms with Crippen LogP contribution in [0.1, 0.15) is 24.5 Å². The van der Waals surface area contributed by atoms with E-state index in [9.17, 15) is 4.79 Å². The lowest BCUT2D eigenvalue weighted by molar-refractivity contribution is -0.122. The number of aryl methyl sites for hydroxylation is 2. The summed E-state index contributed by atoms with van der Waals surface area (Å²) < 4.78 is 5.76. The van der Waals surface area contributed by atoms with E-state index in [1.807, 2.05) is 69.3 Å². The number of hydrogen-bond donors (Lipinski definition) is 1. The van der Waals surface area contributed by atoms with Gasteiger partial charge in [-0.3, -0.25) is 4.79 Å². The molecule has 0 radical (unpaired) electrons. The molecule has 0 saturated heterocycles. The maximum absolute atomic E-state index is 12.3. The molecule has 2 aromatic rings. The Bertz CT molecular complexity index is 588. The Morgan fingerprint density at radius 2 is 1.52 bits per heavy atom. The molecule has 110 valence electrons. The van der Waals surface area contributed by atoms with Gasteiger partial charge in [0.15, 0.2) is 6.10 Å². The number of nitrogens with one attached hydrogen (secondary N) is 1. The first-order valence-electron chi connectivity index (χ1n) is 7.19. The van der Waals surface area contributed by atoms with Crippen LogP contribution in [0.5, 0.6) is 5.75 Å². The monoisotopic (exact) mass is 283 g/mol. The van der Waals surface area contributed by atoms with Crippen LogP contribution in [-0.4, -0.2) is 12.0 Å². The second kappa shape index (κ2) is 6.93. The number of anilines is 1. The molecule has 1 N–H and O–H groups in total. The molecule has 0 spiro atoms. The molecule has 1 amide bonds. The SMILES string of the molecule is CCC(Oc1ccc(C)cc1)C(=O)Nc1ccc(C)cc1. The first-order chi connectivity index (χ1) is 10.1. The summed E-state index contributed by atoms with van der Waals surface area (Å²) in [5.41, 5.74) is 3.12. The van der Waals surface area contributed by atoms with Gasteiger partial charge in [0.2, 0.25) is 0 Å². The molecule has 0 heterocycles. The van der Waals surface area contributed by atoms with Crippen LogP contribution >= 0.6 is 0 Å². The van der Waals surface area contributed by atoms with Gasteiger partial charge >= 0.3 is 0 Å². The van der Waals surface area contributed by atoms with E-state index in [4.69, 9.17) is 4.74 Å². The Morgan fingerprint density at radius 1 is 1.00 bits per heavy atom. The smallest absolute Gasteiger partial charge is 0.265 e. The number of amides is 1. The van der Waals surface area contributed by atoms with Crippen molar-refractivity contribution in [1.82, 2.24) is 0 Å². The first kappa shape index (κ1) is 15.1. The molecule has 3 nitrogen and oxygen atoms in total. The largest absolute Gasteiger partial charge is 0.481 e. The van der Waals surface area contributed by atoms with E-state index >= 15 is 0 Å². The van der Waals surface area contributed by atoms with E-state index in [-0.39, 0.29) is 5.91 Å². The van der Waals surface area contributed by atoms with Gasteiger partial charge in [-0.05, 0) is 44.5 Å². The Hall–Kier alpha value is -2.29. The molecule has 2 aromatic carbocycles. The quantitative estimate of drug-likeness (QED) is 0.897. The predicted octanol–water partition coefficient (Wildman–Crippen LogP) is 4.10. The third kappa shape index (κ3) is 4.35. The van der Waals surface area contributed by atoms with Gasteiger partial charge in [0.1, 0.15) is 5.75 Å². The van der Waals surface area contributed by atoms with E-state index in [0.717, 1.165) is 11.3 Å². The van der Waals surface area contributed by atoms with Gasteiger partial charge < -0.3 is 10.1 Å². The maximum atomic E-state index is 12.3. The standard InChI is InChI=1S/C18H21NO2/c1-4-17(21-16-11-7-14(3)8-12-16)18(20)19-15-9-5-13(2)6-10-15/h5-12,17H,4H2,1-3H3,(H,19,20). The lowest BCUT2D eigenvalue weighted by atomic mass is 10.2. The molecule has 1 atom stereocenters. The summed E-state index contributed by atoms with van der Waals surface area (Å²) in [6.45, 7) is 5.97. The third-order valence-electron chi connectivity index (χ3n) is 3.28. The lowest BCUT2D eigenvalue weighted by Gasteiger charge is -2.17. The van der Waals surface area contributed by atoms with Crippen molar-refractivity contribution in [2.24, 2.45) is 0 Å². The van der Waals surface area contributed by atoms with E-state index < -0.39 is 6.10 Å². The highest BCUT2D eigenvalue weighted by Crippen LogP contribution is 2.16. The number of rotatable bonds is 5. The molecule has 0 aliphatic heterocycles. The number of benzene rings is 2. The summed E-state index contributed by atoms with van der Waals surface area (Å²) in [7, 11) is 0. The molecule has 0 aromatic heterocycles. The molecular formula is C18H21NO2. The van der Waals surface area contributed by atoms with Crippen molar-refractivity contribution in [3.05, 3.63) is 59.7 Å². The van der Waals surface area contributed by atoms with Crippen molar-refractivity contribution in [2.75, 3.05) is 5.32 Å². The Kier molecular flexibility index (Phi) is 4.99. The zero-order valence-electron chi connectivity index (χ0n) is 12.7. The molecule has 2 rings (SSSR count). The summed E-state index contributed by atoms with van der Waals surface area (Å²) in [5.74, 6) is 0.591. The average molecular weight is 283 g/mol. The summed E-state index contributed by atoms with van der Waals surface area (Å²) in [6.07, 6.45) is 0.125. The van der Waals surface area contributed by atoms with E-state index in [1.54, 1.807) is 0 Å². The molecule has 0 saturated carbocycles. The second-order valence-corrected chi connectivity index (χ2v) is 5.18. The fraction of sp³-hybridized carbons (Fsp3) is 0.278. The van der Waals surface area contributed by atoms with Gasteiger partial charge in [-0.2, -0.15) is 0 Å². The van der Waals surface area contributed by atoms with Gasteiger partial charge in [0.25, 0.3) is 5.91 Å². The van der Waals surface area contributed by atoms with Crippen LogP contribution in [0, 0.1) is 13.8 Å². The molecule has 0 bridgehead atoms. The van der Waals surface area contributed by atoms with Crippen molar-refractivity contribution in [1.29, 1.82) is 0 Å². The Morgan fingerprint density at radius 3 is 2.05 bits per heavy atom. The number of carbonyl (C=O) groups is 1. The van der Waals surface area contributed by atoms with Crippen LogP contribution in [0.3, 0.4) is 0 Å². The first-order valence-corrected chi connectivity index (χ1v) is 7.19. The molecule has 0 fully saturated rings. The average Bonchev–Trinajstić information content (AvgIpc) is 2.49. The highest BCUT2D eigenvalue weighted by atomic mass is 16.5. The predicted molar refractivity (Wildman–Crippen MR) is 85.7 cm³/mol. The van der Waals surface area contributed by atoms with Crippen molar-refractivity contribution in [3.63, 3.8) is 0 Å². The van der Waals surface area contributed by atoms with Crippen molar-refractivity contribution < 1.29 is 9.53 Å². The van der Waals surface area contributed by atoms with Crippen LogP contribution < -0.4 is 10.1 Å². The van der Waals surface area contributed by atoms with E-state index in [2.05, 4.69) is 5.32 Å². The van der Waals surface area contributed by atoms with Crippen LogP contribution in [0.25, 0.3) is 0 Å². The zero-order chi connectivity index (χ0) is 15.2. The zero-order valence-corrected chi connectivity index (χ0v) is 12.7. The minimum atomic E-state index is -0.492. The molecule has 0 aliphatic carbocycles. The lowest BCUT2D eigenvalue weighted by Crippen LogP contribution is -2.32. The number of hydrogen-bond acceptors (Lipinski definition) is 2. The van der Waals surface area contributed by atoms with Crippen LogP contribution in [-0.2, 0) is 4.79 Å². The molecule has 21 heavy (non-hydrogen) atoms. The molecule has 1 unspecified atom stereocenters. The highest BCUT2D eigenvalue weighted by molar-refractivity contribution is 5.94. The van der Waals surface area contributed by atoms with Gasteiger partial charge in [0.05, 0.1) is 0 Å². The van der Waals surface area contributed by atoms with Gasteiger partial charge in [-0.1, -0.05) is 42.3 Å². The summed E-state index contributed by atoms with van der Waals surface area (Å²) in [5, 5.41) is 2.89. The van der Waals surface area contributed by atoms with Crippen molar-refractivity contribution >= 4 is 11.6 Å². The normalized spacial score (nSPS) is 11.8. The summed E-state index contributed by atoms with van der Waals surface area (Å²) in [4.78, 5) is 12.3. The highest BCUT2D eigenvalue weighted by Gasteiger charge is 2.18. The van der Waals surface area contributed by atoms with Gasteiger partial charge in [-0.25, -0.2) is 0 Å². The van der Waals surface area contributed by atoms with Gasteiger partial charge in [0, 0.05) is 5.69 Å². The van der Waals surface area contributed by atoms with E-state index in [1.165, 1.54) is 5.56 Å². The fourth-order valence-electron chi connectivity index (χ4n) is 1.96. The summed E-state index contributed by atoms with van der Waals surface area (Å²) >= 11 is 0. The van der Waals surface area contributed by atoms with Crippen LogP contribution in [0.15, 0.2) is 48.5 Å². The maximum Gasteiger partial charge on any atom is 0.265 e. The van der Waals surface area contributed by atoms with Gasteiger partial charge in [-0.15, -0.1) is 0 Å². The Balaban J connectivity index is 2.01. The number of ether oxygens (including phenoxy) is 1. The second-order valence-electron chi connectivity index (χ2n) is 5.18. The van der Waals surface area contributed by atoms with Crippen molar-refractivity contribution in [3.8, 4) is 5.75 Å². The summed E-state index contributed by atoms with van der Waals surface area (Å²) in [6, 6.07) is 15.4. The minimum absolute atomic E-state index is 0.123. The topological polar surface area (TPSA) is 38.3 Å². The van der Waals surface area contributed by atoms with Crippen LogP contribution in [0.4, 0.5) is 5.69 Å². The van der Waals surface area contributed by atoms with Crippen molar-refractivity contribution in [2.45, 2.75) is 33.3 Å². The minimum Gasteiger partial charge on any atom is -0.481 e. The number of carbonyl (C=O) groups excluding carboxylic acids is 1. The fourth-order valence-corrected chi connectivity index (χ4v) is 1.96. The molecule has 3 heteroatoms. The molecular weight excluding hydrogens is 262 g/mol. The van der Waals surface area contributed by atoms with E-state index in [0.29, 0.717) is 12.2 Å². The van der Waals surface area contributed by atoms with Crippen LogP contribution in [0.2, 0.25) is 0 Å².